The van der Waals surface area contributed by atoms with Gasteiger partial charge in [0.1, 0.15) is 6.10 Å². The lowest BCUT2D eigenvalue weighted by atomic mass is 9.86. The van der Waals surface area contributed by atoms with Crippen molar-refractivity contribution in [2.24, 2.45) is 5.73 Å². The molecule has 3 aromatic rings. The summed E-state index contributed by atoms with van der Waals surface area (Å²) >= 11 is 1.65. The van der Waals surface area contributed by atoms with Crippen molar-refractivity contribution in [2.45, 2.75) is 67.6 Å². The molecule has 5 rings (SSSR count). The van der Waals surface area contributed by atoms with Crippen molar-refractivity contribution >= 4 is 38.8 Å². The maximum Gasteiger partial charge on any atom is 0.404 e. The van der Waals surface area contributed by atoms with Crippen LogP contribution in [0.2, 0.25) is 0 Å². The first-order valence-corrected chi connectivity index (χ1v) is 13.9. The summed E-state index contributed by atoms with van der Waals surface area (Å²) in [5.74, 6) is 1.02. The van der Waals surface area contributed by atoms with Crippen LogP contribution in [0.4, 0.5) is 16.3 Å². The smallest absolute Gasteiger partial charge is 0.404 e. The largest absolute Gasteiger partial charge is 0.446 e. The van der Waals surface area contributed by atoms with Gasteiger partial charge in [-0.05, 0) is 75.6 Å². The summed E-state index contributed by atoms with van der Waals surface area (Å²) in [7, 11) is -3.41. The van der Waals surface area contributed by atoms with Gasteiger partial charge in [0.25, 0.3) is 0 Å². The highest BCUT2D eigenvalue weighted by Gasteiger charge is 2.38. The number of rotatable bonds is 7. The zero-order valence-corrected chi connectivity index (χ0v) is 20.5. The van der Waals surface area contributed by atoms with Crippen LogP contribution in [0.25, 0.3) is 10.4 Å². The molecule has 0 atom stereocenters. The summed E-state index contributed by atoms with van der Waals surface area (Å²) in [6.45, 7) is 1.91. The number of ether oxygens (including phenoxy) is 1. The van der Waals surface area contributed by atoms with Gasteiger partial charge in [-0.25, -0.2) is 13.2 Å². The second-order valence-electron chi connectivity index (χ2n) is 9.13. The van der Waals surface area contributed by atoms with Crippen molar-refractivity contribution in [1.82, 2.24) is 10.2 Å². The Bertz CT molecular complexity index is 1300. The van der Waals surface area contributed by atoms with Crippen LogP contribution in [0.3, 0.4) is 0 Å². The summed E-state index contributed by atoms with van der Waals surface area (Å²) in [6.07, 6.45) is 4.00. The second-order valence-corrected chi connectivity index (χ2v) is 12.4. The first-order valence-electron chi connectivity index (χ1n) is 11.5. The number of benzene rings is 1. The molecule has 2 fully saturated rings. The number of nitrogens with one attached hydrogen (secondary N) is 2. The molecular formula is C24H28N4O4S2. The number of primary amides is 1. The zero-order chi connectivity index (χ0) is 23.9. The number of sulfone groups is 1. The van der Waals surface area contributed by atoms with Gasteiger partial charge in [0.15, 0.2) is 15.7 Å². The van der Waals surface area contributed by atoms with E-state index in [1.807, 2.05) is 31.2 Å². The van der Waals surface area contributed by atoms with Crippen molar-refractivity contribution in [1.29, 1.82) is 0 Å². The van der Waals surface area contributed by atoms with Crippen LogP contribution in [-0.4, -0.2) is 36.1 Å². The van der Waals surface area contributed by atoms with Gasteiger partial charge in [-0.2, -0.15) is 5.10 Å². The maximum absolute atomic E-state index is 13.3. The predicted octanol–water partition coefficient (Wildman–Crippen LogP) is 5.25. The van der Waals surface area contributed by atoms with Gasteiger partial charge in [-0.3, -0.25) is 5.10 Å². The Balaban J connectivity index is 1.41. The van der Waals surface area contributed by atoms with Crippen LogP contribution >= 0.6 is 11.3 Å². The Kier molecular flexibility index (Phi) is 6.11. The molecule has 0 radical (unpaired) electrons. The van der Waals surface area contributed by atoms with E-state index >= 15 is 0 Å². The zero-order valence-electron chi connectivity index (χ0n) is 18.9. The van der Waals surface area contributed by atoms with E-state index in [0.29, 0.717) is 35.2 Å². The predicted molar refractivity (Wildman–Crippen MR) is 132 cm³/mol. The third-order valence-corrected chi connectivity index (χ3v) is 10.1. The summed E-state index contributed by atoms with van der Waals surface area (Å²) in [4.78, 5) is 13.6. The monoisotopic (exact) mass is 500 g/mol. The fourth-order valence-electron chi connectivity index (χ4n) is 4.57. The minimum absolute atomic E-state index is 0.109. The minimum atomic E-state index is -3.41. The standard InChI is InChI=1S/C24H28N4O4S2/c1-14-12-23(28-27-14)26-16-4-9-19(22(13-16)34(30,31)18-7-8-18)21-11-10-20(33-21)15-2-5-17(6-3-15)32-24(25)29/h4,9-13,15,17-18H,2-3,5-8H2,1H3,(H2,25,29)(H2,26,27,28). The molecule has 10 heteroatoms. The van der Waals surface area contributed by atoms with Crippen molar-refractivity contribution in [3.63, 3.8) is 0 Å². The highest BCUT2D eigenvalue weighted by Crippen LogP contribution is 2.44. The van der Waals surface area contributed by atoms with E-state index in [1.54, 1.807) is 17.4 Å². The lowest BCUT2D eigenvalue weighted by Gasteiger charge is -2.27. The molecule has 0 spiro atoms. The average Bonchev–Trinajstić information content (AvgIpc) is 3.43. The molecular weight excluding hydrogens is 472 g/mol. The number of aryl methyl sites for hydroxylation is 1. The van der Waals surface area contributed by atoms with Gasteiger partial charge in [0.2, 0.25) is 0 Å². The Labute approximate surface area is 202 Å². The van der Waals surface area contributed by atoms with E-state index in [0.717, 1.165) is 41.8 Å². The van der Waals surface area contributed by atoms with Crippen LogP contribution in [0, 0.1) is 6.92 Å². The number of hydrogen-bond acceptors (Lipinski definition) is 7. The summed E-state index contributed by atoms with van der Waals surface area (Å²) in [6, 6.07) is 11.5. The van der Waals surface area contributed by atoms with Gasteiger partial charge in [0, 0.05) is 32.8 Å². The molecule has 8 nitrogen and oxygen atoms in total. The average molecular weight is 501 g/mol. The number of carbonyl (C=O) groups is 1. The lowest BCUT2D eigenvalue weighted by Crippen LogP contribution is -2.26. The molecule has 0 unspecified atom stereocenters. The Hall–Kier alpha value is -2.85. The SMILES string of the molecule is Cc1cc(Nc2ccc(-c3ccc(C4CCC(OC(N)=O)CC4)s3)c(S(=O)(=O)C3CC3)c2)n[nH]1. The van der Waals surface area contributed by atoms with Crippen LogP contribution in [0.5, 0.6) is 0 Å². The number of hydrogen-bond donors (Lipinski definition) is 3. The number of H-pyrrole nitrogens is 1. The van der Waals surface area contributed by atoms with Gasteiger partial charge in [-0.1, -0.05) is 6.07 Å². The molecule has 0 saturated heterocycles. The van der Waals surface area contributed by atoms with Gasteiger partial charge in [-0.15, -0.1) is 11.3 Å². The maximum atomic E-state index is 13.3. The van der Waals surface area contributed by atoms with E-state index in [-0.39, 0.29) is 11.4 Å². The number of carbonyl (C=O) groups excluding carboxylic acids is 1. The molecule has 2 aliphatic rings. The van der Waals surface area contributed by atoms with Crippen molar-refractivity contribution < 1.29 is 17.9 Å². The van der Waals surface area contributed by atoms with E-state index in [1.165, 1.54) is 4.88 Å². The lowest BCUT2D eigenvalue weighted by molar-refractivity contribution is 0.0789. The molecule has 2 heterocycles. The number of aromatic amines is 1. The van der Waals surface area contributed by atoms with Crippen molar-refractivity contribution in [2.75, 3.05) is 5.32 Å². The van der Waals surface area contributed by atoms with Crippen LogP contribution in [0.1, 0.15) is 55.0 Å². The quantitative estimate of drug-likeness (QED) is 0.407. The third-order valence-electron chi connectivity index (χ3n) is 6.48. The molecule has 34 heavy (non-hydrogen) atoms. The van der Waals surface area contributed by atoms with Crippen LogP contribution in [-0.2, 0) is 14.6 Å². The fraction of sp³-hybridized carbons (Fsp3) is 0.417. The van der Waals surface area contributed by atoms with E-state index < -0.39 is 15.9 Å². The Morgan fingerprint density at radius 1 is 1.12 bits per heavy atom. The van der Waals surface area contributed by atoms with Gasteiger partial charge in [0.05, 0.1) is 10.1 Å². The molecule has 0 aliphatic heterocycles. The molecule has 2 aliphatic carbocycles. The number of anilines is 2. The third kappa shape index (κ3) is 4.83. The molecule has 2 saturated carbocycles. The minimum Gasteiger partial charge on any atom is -0.446 e. The molecule has 1 amide bonds. The Morgan fingerprint density at radius 3 is 2.53 bits per heavy atom. The summed E-state index contributed by atoms with van der Waals surface area (Å²) < 4.78 is 31.8. The topological polar surface area (TPSA) is 127 Å². The molecule has 4 N–H and O–H groups in total. The van der Waals surface area contributed by atoms with E-state index in [9.17, 15) is 13.2 Å². The fourth-order valence-corrected chi connectivity index (χ4v) is 7.75. The number of thiophene rings is 1. The van der Waals surface area contributed by atoms with Gasteiger partial charge >= 0.3 is 6.09 Å². The molecule has 180 valence electrons. The molecule has 1 aromatic carbocycles. The number of nitrogens with zero attached hydrogens (tertiary/aromatic N) is 1. The highest BCUT2D eigenvalue weighted by atomic mass is 32.2. The van der Waals surface area contributed by atoms with Crippen molar-refractivity contribution in [3.05, 3.63) is 47.0 Å². The van der Waals surface area contributed by atoms with Crippen LogP contribution < -0.4 is 11.1 Å². The normalized spacial score (nSPS) is 20.7. The first-order chi connectivity index (χ1) is 16.3. The van der Waals surface area contributed by atoms with E-state index in [2.05, 4.69) is 21.6 Å². The number of aromatic nitrogens is 2. The number of nitrogens with two attached hydrogens (primary N) is 1. The van der Waals surface area contributed by atoms with Crippen LogP contribution in [0.15, 0.2) is 41.3 Å². The molecule has 2 aromatic heterocycles. The molecule has 0 bridgehead atoms. The summed E-state index contributed by atoms with van der Waals surface area (Å²) in [5, 5.41) is 9.98. The Morgan fingerprint density at radius 2 is 1.88 bits per heavy atom. The van der Waals surface area contributed by atoms with Gasteiger partial charge < -0.3 is 15.8 Å². The van der Waals surface area contributed by atoms with E-state index in [4.69, 9.17) is 10.5 Å². The first kappa shape index (κ1) is 22.9. The van der Waals surface area contributed by atoms with Crippen molar-refractivity contribution in [3.8, 4) is 10.4 Å². The summed E-state index contributed by atoms with van der Waals surface area (Å²) in [5.41, 5.74) is 7.51. The second kappa shape index (κ2) is 9.07. The number of amides is 1. The highest BCUT2D eigenvalue weighted by molar-refractivity contribution is 7.92.